The monoisotopic (exact) mass is 236 g/mol. The number of carboxylic acid groups (broad SMARTS) is 3. The Kier molecular flexibility index (Phi) is 9.76. The number of hydrogen-bond acceptors (Lipinski definition) is 4. The first-order valence-electron chi connectivity index (χ1n) is 4.34. The highest BCUT2D eigenvalue weighted by atomic mass is 16.6. The largest absolute Gasteiger partial charge is 0.652 e. The van der Waals surface area contributed by atoms with Crippen LogP contribution in [0.1, 0.15) is 12.8 Å². The fraction of sp³-hybridized carbons (Fsp3) is 0.571. The molecule has 0 aromatic carbocycles. The number of carbonyl (C=O) groups is 2. The fourth-order valence-electron chi connectivity index (χ4n) is 0.999. The van der Waals surface area contributed by atoms with Crippen molar-refractivity contribution >= 4 is 18.1 Å². The number of carbonyl (C=O) groups excluding carboxylic acids is 1. The normalized spacial score (nSPS) is 17.1. The molecule has 9 heteroatoms. The van der Waals surface area contributed by atoms with E-state index in [0.29, 0.717) is 0 Å². The molecule has 1 rings (SSSR count). The zero-order valence-electron chi connectivity index (χ0n) is 8.59. The summed E-state index contributed by atoms with van der Waals surface area (Å²) in [5.74, 6) is -0.748. The van der Waals surface area contributed by atoms with Gasteiger partial charge in [0, 0.05) is 12.8 Å². The van der Waals surface area contributed by atoms with Crippen molar-refractivity contribution in [3.8, 4) is 0 Å². The highest BCUT2D eigenvalue weighted by molar-refractivity contribution is 5.71. The molecule has 1 heterocycles. The minimum Gasteiger partial charge on any atom is -0.652 e. The van der Waals surface area contributed by atoms with Crippen molar-refractivity contribution < 1.29 is 35.6 Å². The van der Waals surface area contributed by atoms with Crippen LogP contribution in [0.15, 0.2) is 0 Å². The molecule has 0 saturated carbocycles. The standard InChI is InChI=1S/C5H9NO2.CH5N3.CH2O3/c7-5(8)4-2-1-3-6-4;2*2-1(3)4/h4,6H,1-3H2,(H,7,8);(H5,2,3,4);(H2,2,3,4)/t4-;;/m0../s1. The maximum Gasteiger partial charge on any atom is 0.362 e. The second-order valence-electron chi connectivity index (χ2n) is 2.86. The van der Waals surface area contributed by atoms with E-state index in [4.69, 9.17) is 20.1 Å². The minimum atomic E-state index is -2.33. The predicted molar refractivity (Wildman–Crippen MR) is 48.2 cm³/mol. The first-order valence-corrected chi connectivity index (χ1v) is 4.34. The van der Waals surface area contributed by atoms with E-state index in [9.17, 15) is 4.79 Å². The van der Waals surface area contributed by atoms with E-state index in [1.807, 2.05) is 5.32 Å². The van der Waals surface area contributed by atoms with Crippen molar-refractivity contribution in [1.82, 2.24) is 0 Å². The van der Waals surface area contributed by atoms with Gasteiger partial charge in [0.2, 0.25) is 0 Å². The number of hydrogen-bond donors (Lipinski definition) is 5. The average Bonchev–Trinajstić information content (AvgIpc) is 2.52. The minimum absolute atomic E-state index is 0.0833. The zero-order chi connectivity index (χ0) is 13.1. The molecule has 0 aromatic heterocycles. The summed E-state index contributed by atoms with van der Waals surface area (Å²) in [4.78, 5) is 18.5. The maximum atomic E-state index is 10.2. The lowest BCUT2D eigenvalue weighted by atomic mass is 10.2. The Morgan fingerprint density at radius 2 is 1.75 bits per heavy atom. The molecule has 0 radical (unpaired) electrons. The summed E-state index contributed by atoms with van der Waals surface area (Å²) < 4.78 is 0. The van der Waals surface area contributed by atoms with Gasteiger partial charge in [0.15, 0.2) is 6.04 Å². The van der Waals surface area contributed by atoms with Crippen LogP contribution in [0.4, 0.5) is 4.79 Å². The average molecular weight is 236 g/mol. The van der Waals surface area contributed by atoms with Gasteiger partial charge in [0.1, 0.15) is 0 Å². The van der Waals surface area contributed by atoms with Crippen molar-refractivity contribution in [3.05, 3.63) is 0 Å². The third-order valence-corrected chi connectivity index (χ3v) is 1.49. The number of guanidine groups is 1. The third kappa shape index (κ3) is 17.9. The maximum absolute atomic E-state index is 10.2. The van der Waals surface area contributed by atoms with E-state index in [-0.39, 0.29) is 12.0 Å². The van der Waals surface area contributed by atoms with Gasteiger partial charge in [-0.2, -0.15) is 0 Å². The number of aliphatic carboxylic acids is 1. The second-order valence-corrected chi connectivity index (χ2v) is 2.86. The van der Waals surface area contributed by atoms with E-state index < -0.39 is 12.1 Å². The Bertz CT molecular complexity index is 219. The highest BCUT2D eigenvalue weighted by Crippen LogP contribution is 1.95. The molecule has 94 valence electrons. The van der Waals surface area contributed by atoms with Crippen LogP contribution in [0.5, 0.6) is 0 Å². The quantitative estimate of drug-likeness (QED) is 0.220. The van der Waals surface area contributed by atoms with E-state index in [2.05, 4.69) is 16.9 Å². The van der Waals surface area contributed by atoms with Crippen molar-refractivity contribution in [1.29, 1.82) is 0 Å². The van der Waals surface area contributed by atoms with Crippen LogP contribution in [-0.4, -0.2) is 35.8 Å². The van der Waals surface area contributed by atoms with Crippen molar-refractivity contribution in [2.75, 3.05) is 6.54 Å². The topological polar surface area (TPSA) is 195 Å². The first kappa shape index (κ1) is 16.4. The summed E-state index contributed by atoms with van der Waals surface area (Å²) in [5, 5.41) is 31.5. The van der Waals surface area contributed by atoms with Crippen LogP contribution in [0.25, 0.3) is 0 Å². The van der Waals surface area contributed by atoms with Crippen LogP contribution in [0.3, 0.4) is 0 Å². The SMILES string of the molecule is NC(N)=[NH2+].O=C(O)[C@@H]1CCC[NH2+]1.O=C([O-])[O-]. The van der Waals surface area contributed by atoms with Gasteiger partial charge in [0.25, 0.3) is 0 Å². The molecule has 0 spiro atoms. The smallest absolute Gasteiger partial charge is 0.362 e. The van der Waals surface area contributed by atoms with Crippen molar-refractivity contribution in [2.45, 2.75) is 18.9 Å². The summed E-state index contributed by atoms with van der Waals surface area (Å²) in [6.45, 7) is 0.983. The van der Waals surface area contributed by atoms with Gasteiger partial charge < -0.3 is 25.4 Å². The van der Waals surface area contributed by atoms with E-state index >= 15 is 0 Å². The van der Waals surface area contributed by atoms with E-state index in [1.165, 1.54) is 0 Å². The molecule has 1 saturated heterocycles. The van der Waals surface area contributed by atoms with Gasteiger partial charge >= 0.3 is 11.9 Å². The number of quaternary nitrogens is 1. The van der Waals surface area contributed by atoms with Crippen molar-refractivity contribution in [3.63, 3.8) is 0 Å². The molecular formula is C7H16N4O5. The van der Waals surface area contributed by atoms with Crippen LogP contribution < -0.4 is 32.4 Å². The molecule has 16 heavy (non-hydrogen) atoms. The van der Waals surface area contributed by atoms with Crippen LogP contribution >= 0.6 is 0 Å². The Morgan fingerprint density at radius 3 is 1.88 bits per heavy atom. The Hall–Kier alpha value is -2.03. The molecule has 1 atom stereocenters. The Balaban J connectivity index is 0. The van der Waals surface area contributed by atoms with Crippen LogP contribution in [0.2, 0.25) is 0 Å². The van der Waals surface area contributed by atoms with Crippen molar-refractivity contribution in [2.24, 2.45) is 11.5 Å². The first-order chi connectivity index (χ1) is 7.27. The van der Waals surface area contributed by atoms with E-state index in [1.54, 1.807) is 0 Å². The summed E-state index contributed by atoms with van der Waals surface area (Å²) in [6, 6.07) is -0.144. The van der Waals surface area contributed by atoms with Gasteiger partial charge in [-0.25, -0.2) is 4.79 Å². The van der Waals surface area contributed by atoms with Crippen LogP contribution in [0, 0.1) is 0 Å². The molecule has 1 aliphatic rings. The lowest BCUT2D eigenvalue weighted by Crippen LogP contribution is -2.88. The third-order valence-electron chi connectivity index (χ3n) is 1.49. The molecule has 0 aliphatic carbocycles. The molecule has 9 N–H and O–H groups in total. The van der Waals surface area contributed by atoms with Crippen LogP contribution in [-0.2, 0) is 4.79 Å². The molecule has 0 amide bonds. The summed E-state index contributed by atoms with van der Waals surface area (Å²) in [6.07, 6.45) is -0.438. The van der Waals surface area contributed by atoms with Gasteiger partial charge in [-0.3, -0.25) is 16.9 Å². The van der Waals surface area contributed by atoms with Gasteiger partial charge in [0.05, 0.1) is 6.54 Å². The number of rotatable bonds is 1. The molecule has 1 fully saturated rings. The highest BCUT2D eigenvalue weighted by Gasteiger charge is 2.24. The fourth-order valence-corrected chi connectivity index (χ4v) is 0.999. The zero-order valence-corrected chi connectivity index (χ0v) is 8.59. The molecular weight excluding hydrogens is 220 g/mol. The van der Waals surface area contributed by atoms with Gasteiger partial charge in [-0.15, -0.1) is 0 Å². The number of carboxylic acids is 1. The lowest BCUT2D eigenvalue weighted by Gasteiger charge is -1.96. The molecule has 0 bridgehead atoms. The Morgan fingerprint density at radius 1 is 1.38 bits per heavy atom. The molecule has 0 aromatic rings. The summed E-state index contributed by atoms with van der Waals surface area (Å²) in [7, 11) is 0. The number of nitrogens with two attached hydrogens (primary N) is 4. The lowest BCUT2D eigenvalue weighted by molar-refractivity contribution is -0.658. The molecule has 9 nitrogen and oxygen atoms in total. The van der Waals surface area contributed by atoms with Gasteiger partial charge in [-0.05, 0) is 6.16 Å². The van der Waals surface area contributed by atoms with E-state index in [0.717, 1.165) is 19.4 Å². The molecule has 1 aliphatic heterocycles. The Labute approximate surface area is 91.6 Å². The second kappa shape index (κ2) is 9.52. The van der Waals surface area contributed by atoms with Gasteiger partial charge in [-0.1, -0.05) is 0 Å². The summed E-state index contributed by atoms with van der Waals surface area (Å²) >= 11 is 0. The summed E-state index contributed by atoms with van der Waals surface area (Å²) in [5.41, 5.74) is 9.17. The predicted octanol–water partition coefficient (Wildman–Crippen LogP) is -6.63. The molecule has 0 unspecified atom stereocenters.